The fourth-order valence-corrected chi connectivity index (χ4v) is 5.12. The van der Waals surface area contributed by atoms with Crippen molar-refractivity contribution in [2.75, 3.05) is 13.7 Å². The van der Waals surface area contributed by atoms with E-state index in [1.807, 2.05) is 43.3 Å². The number of benzene rings is 2. The highest BCUT2D eigenvalue weighted by Crippen LogP contribution is 2.37. The highest BCUT2D eigenvalue weighted by Gasteiger charge is 2.36. The Bertz CT molecular complexity index is 892. The van der Waals surface area contributed by atoms with Crippen LogP contribution < -0.4 is 9.47 Å². The SMILES string of the molecule is CCN1C(=O)[C@@H](Cc2cc(OC)c(OCc3ccc(Cl)cc3)cc2Br)SC1=S. The molecule has 148 valence electrons. The van der Waals surface area contributed by atoms with Crippen LogP contribution in [0.2, 0.25) is 5.02 Å². The van der Waals surface area contributed by atoms with Crippen molar-refractivity contribution in [2.24, 2.45) is 0 Å². The highest BCUT2D eigenvalue weighted by molar-refractivity contribution is 9.10. The largest absolute Gasteiger partial charge is 0.493 e. The summed E-state index contributed by atoms with van der Waals surface area (Å²) in [6.45, 7) is 2.93. The molecular weight excluding hydrogens is 482 g/mol. The number of thioether (sulfide) groups is 1. The number of halogens is 2. The van der Waals surface area contributed by atoms with Gasteiger partial charge in [0.1, 0.15) is 10.9 Å². The van der Waals surface area contributed by atoms with Crippen molar-refractivity contribution in [1.82, 2.24) is 4.90 Å². The molecule has 28 heavy (non-hydrogen) atoms. The van der Waals surface area contributed by atoms with Gasteiger partial charge in [-0.2, -0.15) is 0 Å². The van der Waals surface area contributed by atoms with Crippen LogP contribution in [0.5, 0.6) is 11.5 Å². The summed E-state index contributed by atoms with van der Waals surface area (Å²) < 4.78 is 13.0. The van der Waals surface area contributed by atoms with Crippen LogP contribution in [0, 0.1) is 0 Å². The molecule has 4 nitrogen and oxygen atoms in total. The molecule has 1 amide bonds. The maximum Gasteiger partial charge on any atom is 0.241 e. The zero-order valence-corrected chi connectivity index (χ0v) is 19.4. The van der Waals surface area contributed by atoms with Crippen LogP contribution in [0.25, 0.3) is 0 Å². The molecule has 0 spiro atoms. The molecule has 0 unspecified atom stereocenters. The summed E-state index contributed by atoms with van der Waals surface area (Å²) in [5.41, 5.74) is 1.98. The number of rotatable bonds is 7. The lowest BCUT2D eigenvalue weighted by Gasteiger charge is -2.16. The van der Waals surface area contributed by atoms with Gasteiger partial charge >= 0.3 is 0 Å². The molecule has 0 N–H and O–H groups in total. The Kier molecular flexibility index (Phi) is 7.25. The molecule has 0 bridgehead atoms. The minimum absolute atomic E-state index is 0.0615. The average molecular weight is 501 g/mol. The van der Waals surface area contributed by atoms with E-state index in [0.29, 0.717) is 40.4 Å². The third kappa shape index (κ3) is 4.82. The molecule has 0 aliphatic carbocycles. The highest BCUT2D eigenvalue weighted by atomic mass is 79.9. The summed E-state index contributed by atoms with van der Waals surface area (Å²) in [7, 11) is 1.60. The first-order valence-corrected chi connectivity index (χ1v) is 11.1. The summed E-state index contributed by atoms with van der Waals surface area (Å²) in [6, 6.07) is 11.3. The molecule has 3 rings (SSSR count). The van der Waals surface area contributed by atoms with Gasteiger partial charge in [0.2, 0.25) is 5.91 Å². The van der Waals surface area contributed by atoms with Gasteiger partial charge in [-0.05, 0) is 48.7 Å². The van der Waals surface area contributed by atoms with Crippen LogP contribution in [0.15, 0.2) is 40.9 Å². The van der Waals surface area contributed by atoms with E-state index in [2.05, 4.69) is 15.9 Å². The van der Waals surface area contributed by atoms with Crippen molar-refractivity contribution < 1.29 is 14.3 Å². The molecule has 2 aromatic rings. The van der Waals surface area contributed by atoms with Gasteiger partial charge in [0.05, 0.1) is 12.4 Å². The van der Waals surface area contributed by atoms with Crippen molar-refractivity contribution in [3.8, 4) is 11.5 Å². The number of ether oxygens (including phenoxy) is 2. The summed E-state index contributed by atoms with van der Waals surface area (Å²) in [6.07, 6.45) is 0.564. The molecule has 1 aliphatic rings. The topological polar surface area (TPSA) is 38.8 Å². The van der Waals surface area contributed by atoms with E-state index < -0.39 is 0 Å². The normalized spacial score (nSPS) is 16.6. The maximum absolute atomic E-state index is 12.5. The minimum Gasteiger partial charge on any atom is -0.493 e. The number of hydrogen-bond donors (Lipinski definition) is 0. The number of methoxy groups -OCH3 is 1. The van der Waals surface area contributed by atoms with E-state index in [9.17, 15) is 4.79 Å². The quantitative estimate of drug-likeness (QED) is 0.471. The van der Waals surface area contributed by atoms with Crippen molar-refractivity contribution in [2.45, 2.75) is 25.2 Å². The number of amides is 1. The smallest absolute Gasteiger partial charge is 0.241 e. The van der Waals surface area contributed by atoms with E-state index in [4.69, 9.17) is 33.3 Å². The lowest BCUT2D eigenvalue weighted by atomic mass is 10.1. The summed E-state index contributed by atoms with van der Waals surface area (Å²) in [5, 5.41) is 0.475. The monoisotopic (exact) mass is 499 g/mol. The third-order valence-electron chi connectivity index (χ3n) is 4.37. The van der Waals surface area contributed by atoms with Gasteiger partial charge in [-0.25, -0.2) is 0 Å². The Morgan fingerprint density at radius 2 is 1.96 bits per heavy atom. The van der Waals surface area contributed by atoms with E-state index in [-0.39, 0.29) is 11.2 Å². The lowest BCUT2D eigenvalue weighted by Crippen LogP contribution is -2.31. The van der Waals surface area contributed by atoms with Crippen molar-refractivity contribution in [3.63, 3.8) is 0 Å². The minimum atomic E-state index is -0.214. The Hall–Kier alpha value is -1.28. The maximum atomic E-state index is 12.5. The number of carbonyl (C=O) groups excluding carboxylic acids is 1. The van der Waals surface area contributed by atoms with Gasteiger partial charge in [-0.3, -0.25) is 9.69 Å². The molecule has 8 heteroatoms. The van der Waals surface area contributed by atoms with Crippen LogP contribution in [-0.2, 0) is 17.8 Å². The standard InChI is InChI=1S/C20H19BrClNO3S2/c1-3-23-19(24)18(28-20(23)27)9-13-8-16(25-2)17(10-15(13)21)26-11-12-4-6-14(22)7-5-12/h4-8,10,18H,3,9,11H2,1-2H3/t18-/m1/s1. The molecule has 1 heterocycles. The van der Waals surface area contributed by atoms with E-state index in [0.717, 1.165) is 15.6 Å². The number of hydrogen-bond acceptors (Lipinski definition) is 5. The van der Waals surface area contributed by atoms with Gasteiger partial charge < -0.3 is 9.47 Å². The molecule has 1 atom stereocenters. The first kappa shape index (κ1) is 21.4. The van der Waals surface area contributed by atoms with Crippen LogP contribution in [0.4, 0.5) is 0 Å². The fraction of sp³-hybridized carbons (Fsp3) is 0.300. The molecule has 2 aromatic carbocycles. The van der Waals surface area contributed by atoms with Gasteiger partial charge in [0.15, 0.2) is 11.5 Å². The molecule has 1 fully saturated rings. The third-order valence-corrected chi connectivity index (χ3v) is 6.94. The number of carbonyl (C=O) groups is 1. The van der Waals surface area contributed by atoms with Gasteiger partial charge in [-0.1, -0.05) is 63.6 Å². The molecule has 1 aliphatic heterocycles. The van der Waals surface area contributed by atoms with Crippen LogP contribution in [-0.4, -0.2) is 34.0 Å². The predicted octanol–water partition coefficient (Wildman–Crippen LogP) is 5.48. The summed E-state index contributed by atoms with van der Waals surface area (Å²) in [5.74, 6) is 1.31. The Balaban J connectivity index is 1.75. The molecular formula is C20H19BrClNO3S2. The van der Waals surface area contributed by atoms with E-state index in [1.165, 1.54) is 11.8 Å². The first-order valence-electron chi connectivity index (χ1n) is 8.68. The molecule has 0 aromatic heterocycles. The lowest BCUT2D eigenvalue weighted by molar-refractivity contribution is -0.125. The second-order valence-corrected chi connectivity index (χ2v) is 9.30. The van der Waals surface area contributed by atoms with E-state index >= 15 is 0 Å². The summed E-state index contributed by atoms with van der Waals surface area (Å²) in [4.78, 5) is 14.2. The Labute approximate surface area is 187 Å². The average Bonchev–Trinajstić information content (AvgIpc) is 2.95. The second kappa shape index (κ2) is 9.48. The summed E-state index contributed by atoms with van der Waals surface area (Å²) >= 11 is 16.3. The van der Waals surface area contributed by atoms with Crippen molar-refractivity contribution in [3.05, 3.63) is 57.0 Å². The van der Waals surface area contributed by atoms with Gasteiger partial charge in [0, 0.05) is 16.0 Å². The molecule has 0 radical (unpaired) electrons. The molecule has 0 saturated carbocycles. The first-order chi connectivity index (χ1) is 13.4. The Morgan fingerprint density at radius 3 is 2.57 bits per heavy atom. The number of thiocarbonyl (C=S) groups is 1. The van der Waals surface area contributed by atoms with Crippen molar-refractivity contribution in [1.29, 1.82) is 0 Å². The predicted molar refractivity (Wildman–Crippen MR) is 122 cm³/mol. The zero-order chi connectivity index (χ0) is 20.3. The molecule has 1 saturated heterocycles. The van der Waals surface area contributed by atoms with Crippen LogP contribution in [0.3, 0.4) is 0 Å². The van der Waals surface area contributed by atoms with Crippen molar-refractivity contribution >= 4 is 61.7 Å². The second-order valence-electron chi connectivity index (χ2n) is 6.17. The Morgan fingerprint density at radius 1 is 1.25 bits per heavy atom. The van der Waals surface area contributed by atoms with Crippen LogP contribution in [0.1, 0.15) is 18.1 Å². The fourth-order valence-electron chi connectivity index (χ4n) is 2.86. The zero-order valence-electron chi connectivity index (χ0n) is 15.4. The van der Waals surface area contributed by atoms with Crippen LogP contribution >= 0.6 is 51.5 Å². The number of nitrogens with zero attached hydrogens (tertiary/aromatic N) is 1. The van der Waals surface area contributed by atoms with Gasteiger partial charge in [-0.15, -0.1) is 0 Å². The van der Waals surface area contributed by atoms with Gasteiger partial charge in [0.25, 0.3) is 0 Å². The van der Waals surface area contributed by atoms with E-state index in [1.54, 1.807) is 12.0 Å².